The van der Waals surface area contributed by atoms with Crippen molar-refractivity contribution in [2.75, 3.05) is 6.61 Å². The fraction of sp³-hybridized carbons (Fsp3) is 0.548. The third kappa shape index (κ3) is 8.11. The van der Waals surface area contributed by atoms with Crippen LogP contribution in [0.1, 0.15) is 90.0 Å². The van der Waals surface area contributed by atoms with Crippen LogP contribution in [0.2, 0.25) is 0 Å². The molecule has 3 rings (SSSR count). The van der Waals surface area contributed by atoms with Crippen LogP contribution in [0.4, 0.5) is 0 Å². The summed E-state index contributed by atoms with van der Waals surface area (Å²) in [6.45, 7) is 5.19. The first-order valence-corrected chi connectivity index (χ1v) is 13.5. The molecule has 0 amide bonds. The van der Waals surface area contributed by atoms with E-state index in [1.54, 1.807) is 0 Å². The Morgan fingerprint density at radius 2 is 1.47 bits per heavy atom. The Balaban J connectivity index is 1.47. The van der Waals surface area contributed by atoms with E-state index in [2.05, 4.69) is 38.1 Å². The predicted octanol–water partition coefficient (Wildman–Crippen LogP) is 7.99. The zero-order valence-electron chi connectivity index (χ0n) is 21.2. The van der Waals surface area contributed by atoms with Crippen LogP contribution in [-0.4, -0.2) is 18.2 Å². The highest BCUT2D eigenvalue weighted by atomic mass is 16.5. The Bertz CT molecular complexity index is 882. The molecule has 0 saturated heterocycles. The summed E-state index contributed by atoms with van der Waals surface area (Å²) >= 11 is 0. The van der Waals surface area contributed by atoms with Crippen LogP contribution < -0.4 is 4.74 Å². The van der Waals surface area contributed by atoms with Crippen LogP contribution in [0.5, 0.6) is 5.75 Å². The van der Waals surface area contributed by atoms with Crippen LogP contribution >= 0.6 is 0 Å². The fourth-order valence-electron chi connectivity index (χ4n) is 4.96. The average Bonchev–Trinajstić information content (AvgIpc) is 2.85. The van der Waals surface area contributed by atoms with Gasteiger partial charge in [-0.3, -0.25) is 9.59 Å². The molecule has 1 aliphatic rings. The Labute approximate surface area is 206 Å². The lowest BCUT2D eigenvalue weighted by atomic mass is 9.76. The second-order valence-electron chi connectivity index (χ2n) is 9.94. The SMILES string of the molecule is CCCCCCOc1ccc(-c2ccc(CC(=O)C3CCC(CCCCC)CC3=O)cc2)cc1. The summed E-state index contributed by atoms with van der Waals surface area (Å²) in [6.07, 6.45) is 12.3. The first kappa shape index (κ1) is 26.2. The zero-order valence-corrected chi connectivity index (χ0v) is 21.2. The van der Waals surface area contributed by atoms with Crippen molar-refractivity contribution in [1.29, 1.82) is 0 Å². The van der Waals surface area contributed by atoms with Gasteiger partial charge in [0.05, 0.1) is 12.5 Å². The van der Waals surface area contributed by atoms with Crippen LogP contribution in [0.3, 0.4) is 0 Å². The number of carbonyl (C=O) groups is 2. The maximum atomic E-state index is 12.8. The molecule has 1 fully saturated rings. The molecule has 2 unspecified atom stereocenters. The average molecular weight is 463 g/mol. The molecule has 0 aliphatic heterocycles. The van der Waals surface area contributed by atoms with E-state index in [0.717, 1.165) is 54.7 Å². The highest BCUT2D eigenvalue weighted by Gasteiger charge is 2.32. The van der Waals surface area contributed by atoms with Crippen molar-refractivity contribution in [2.24, 2.45) is 11.8 Å². The lowest BCUT2D eigenvalue weighted by Crippen LogP contribution is -2.32. The van der Waals surface area contributed by atoms with Crippen molar-refractivity contribution in [3.8, 4) is 16.9 Å². The summed E-state index contributed by atoms with van der Waals surface area (Å²) in [6, 6.07) is 16.4. The molecule has 0 N–H and O–H groups in total. The fourth-order valence-corrected chi connectivity index (χ4v) is 4.96. The molecule has 0 heterocycles. The topological polar surface area (TPSA) is 43.4 Å². The maximum Gasteiger partial charge on any atom is 0.147 e. The van der Waals surface area contributed by atoms with Gasteiger partial charge in [-0.15, -0.1) is 0 Å². The van der Waals surface area contributed by atoms with Gasteiger partial charge >= 0.3 is 0 Å². The van der Waals surface area contributed by atoms with Gasteiger partial charge < -0.3 is 4.74 Å². The molecule has 184 valence electrons. The normalized spacial score (nSPS) is 18.1. The largest absolute Gasteiger partial charge is 0.494 e. The minimum atomic E-state index is -0.392. The molecule has 34 heavy (non-hydrogen) atoms. The molecule has 3 heteroatoms. The van der Waals surface area contributed by atoms with Gasteiger partial charge in [-0.1, -0.05) is 95.2 Å². The molecule has 0 radical (unpaired) electrons. The van der Waals surface area contributed by atoms with Gasteiger partial charge in [-0.2, -0.15) is 0 Å². The van der Waals surface area contributed by atoms with E-state index in [4.69, 9.17) is 4.74 Å². The van der Waals surface area contributed by atoms with E-state index in [1.807, 2.05) is 24.3 Å². The standard InChI is InChI=1S/C31H42O3/c1-3-5-7-9-21-34-28-18-16-27(17-19-28)26-14-11-25(12-15-26)23-31(33)29-20-13-24(22-30(29)32)10-8-6-4-2/h11-12,14-19,24,29H,3-10,13,20-23H2,1-2H3. The Kier molecular flexibility index (Phi) is 10.9. The molecule has 2 aromatic rings. The molecule has 2 aromatic carbocycles. The molecule has 2 atom stereocenters. The highest BCUT2D eigenvalue weighted by Crippen LogP contribution is 2.31. The van der Waals surface area contributed by atoms with E-state index in [0.29, 0.717) is 18.8 Å². The van der Waals surface area contributed by atoms with Crippen LogP contribution in [0.15, 0.2) is 48.5 Å². The van der Waals surface area contributed by atoms with Gasteiger partial charge in [0.1, 0.15) is 17.3 Å². The van der Waals surface area contributed by atoms with Crippen molar-refractivity contribution in [3.05, 3.63) is 54.1 Å². The third-order valence-electron chi connectivity index (χ3n) is 7.13. The first-order valence-electron chi connectivity index (χ1n) is 13.5. The molecular weight excluding hydrogens is 420 g/mol. The summed E-state index contributed by atoms with van der Waals surface area (Å²) in [7, 11) is 0. The predicted molar refractivity (Wildman–Crippen MR) is 140 cm³/mol. The van der Waals surface area contributed by atoms with E-state index in [1.165, 1.54) is 38.5 Å². The molecule has 0 bridgehead atoms. The highest BCUT2D eigenvalue weighted by molar-refractivity contribution is 6.03. The maximum absolute atomic E-state index is 12.8. The monoisotopic (exact) mass is 462 g/mol. The summed E-state index contributed by atoms with van der Waals surface area (Å²) in [4.78, 5) is 25.5. The van der Waals surface area contributed by atoms with Crippen LogP contribution in [-0.2, 0) is 16.0 Å². The van der Waals surface area contributed by atoms with Gasteiger partial charge in [-0.05, 0) is 54.0 Å². The second-order valence-corrected chi connectivity index (χ2v) is 9.94. The number of ether oxygens (including phenoxy) is 1. The summed E-state index contributed by atoms with van der Waals surface area (Å²) in [5, 5.41) is 0. The van der Waals surface area contributed by atoms with Gasteiger partial charge in [0, 0.05) is 12.8 Å². The van der Waals surface area contributed by atoms with Crippen molar-refractivity contribution < 1.29 is 14.3 Å². The quantitative estimate of drug-likeness (QED) is 0.211. The van der Waals surface area contributed by atoms with E-state index >= 15 is 0 Å². The molecule has 1 aliphatic carbocycles. The van der Waals surface area contributed by atoms with Crippen LogP contribution in [0, 0.1) is 11.8 Å². The number of unbranched alkanes of at least 4 members (excludes halogenated alkanes) is 5. The number of ketones is 2. The molecule has 1 saturated carbocycles. The molecule has 0 spiro atoms. The third-order valence-corrected chi connectivity index (χ3v) is 7.13. The van der Waals surface area contributed by atoms with Gasteiger partial charge in [0.15, 0.2) is 0 Å². The summed E-state index contributed by atoms with van der Waals surface area (Å²) < 4.78 is 5.84. The number of carbonyl (C=O) groups excluding carboxylic acids is 2. The lowest BCUT2D eigenvalue weighted by Gasteiger charge is -2.26. The summed E-state index contributed by atoms with van der Waals surface area (Å²) in [5.74, 6) is 1.26. The number of hydrogen-bond acceptors (Lipinski definition) is 3. The van der Waals surface area contributed by atoms with Crippen LogP contribution in [0.25, 0.3) is 11.1 Å². The first-order chi connectivity index (χ1) is 16.6. The number of benzene rings is 2. The Hall–Kier alpha value is -2.42. The van der Waals surface area contributed by atoms with Gasteiger partial charge in [-0.25, -0.2) is 0 Å². The van der Waals surface area contributed by atoms with Crippen molar-refractivity contribution in [1.82, 2.24) is 0 Å². The Morgan fingerprint density at radius 3 is 2.12 bits per heavy atom. The molecule has 0 aromatic heterocycles. The number of hydrogen-bond donors (Lipinski definition) is 0. The van der Waals surface area contributed by atoms with Crippen molar-refractivity contribution in [3.63, 3.8) is 0 Å². The van der Waals surface area contributed by atoms with Crippen molar-refractivity contribution in [2.45, 2.75) is 90.9 Å². The van der Waals surface area contributed by atoms with E-state index in [9.17, 15) is 9.59 Å². The number of rotatable bonds is 14. The summed E-state index contributed by atoms with van der Waals surface area (Å²) in [5.41, 5.74) is 3.24. The van der Waals surface area contributed by atoms with Gasteiger partial charge in [0.2, 0.25) is 0 Å². The van der Waals surface area contributed by atoms with E-state index in [-0.39, 0.29) is 11.6 Å². The van der Waals surface area contributed by atoms with E-state index < -0.39 is 5.92 Å². The minimum absolute atomic E-state index is 0.0881. The second kappa shape index (κ2) is 14.1. The van der Waals surface area contributed by atoms with Crippen molar-refractivity contribution >= 4 is 11.6 Å². The zero-order chi connectivity index (χ0) is 24.2. The van der Waals surface area contributed by atoms with Gasteiger partial charge in [0.25, 0.3) is 0 Å². The molecular formula is C31H42O3. The minimum Gasteiger partial charge on any atom is -0.494 e. The lowest BCUT2D eigenvalue weighted by molar-refractivity contribution is -0.135. The Morgan fingerprint density at radius 1 is 0.824 bits per heavy atom. The molecule has 3 nitrogen and oxygen atoms in total. The smallest absolute Gasteiger partial charge is 0.147 e. The number of Topliss-reactive ketones (excluding diaryl/α,β-unsaturated/α-hetero) is 2.